The Bertz CT molecular complexity index is 439. The van der Waals surface area contributed by atoms with Crippen molar-refractivity contribution in [3.05, 3.63) is 23.2 Å². The molecule has 0 aromatic carbocycles. The lowest BCUT2D eigenvalue weighted by atomic mass is 10.2. The molecule has 1 N–H and O–H groups in total. The number of carbonyl (C=O) groups excluding carboxylic acids is 1. The Morgan fingerprint density at radius 1 is 1.53 bits per heavy atom. The van der Waals surface area contributed by atoms with Gasteiger partial charge < -0.3 is 10.0 Å². The SMILES string of the molecule is CC(CN(C)C(=O)c1cncc(Cl)n1)C(=O)O. The Labute approximate surface area is 103 Å². The molecule has 0 radical (unpaired) electrons. The predicted octanol–water partition coefficient (Wildman–Crippen LogP) is 0.923. The minimum absolute atomic E-state index is 0.0950. The number of carbonyl (C=O) groups is 2. The molecule has 92 valence electrons. The summed E-state index contributed by atoms with van der Waals surface area (Å²) in [5, 5.41) is 8.86. The maximum absolute atomic E-state index is 11.8. The van der Waals surface area contributed by atoms with Gasteiger partial charge in [0.15, 0.2) is 0 Å². The first-order chi connectivity index (χ1) is 7.91. The molecular weight excluding hydrogens is 246 g/mol. The van der Waals surface area contributed by atoms with Crippen molar-refractivity contribution in [2.75, 3.05) is 13.6 Å². The lowest BCUT2D eigenvalue weighted by Crippen LogP contribution is -2.34. The Morgan fingerprint density at radius 3 is 2.71 bits per heavy atom. The molecule has 0 saturated carbocycles. The van der Waals surface area contributed by atoms with Gasteiger partial charge >= 0.3 is 5.97 Å². The maximum atomic E-state index is 11.8. The Morgan fingerprint density at radius 2 is 2.18 bits per heavy atom. The van der Waals surface area contributed by atoms with Crippen molar-refractivity contribution < 1.29 is 14.7 Å². The highest BCUT2D eigenvalue weighted by atomic mass is 35.5. The van der Waals surface area contributed by atoms with Crippen LogP contribution in [0.3, 0.4) is 0 Å². The van der Waals surface area contributed by atoms with Crippen molar-refractivity contribution in [1.29, 1.82) is 0 Å². The first-order valence-electron chi connectivity index (χ1n) is 4.87. The van der Waals surface area contributed by atoms with Gasteiger partial charge in [0.1, 0.15) is 10.8 Å². The normalized spacial score (nSPS) is 11.9. The predicted molar refractivity (Wildman–Crippen MR) is 60.8 cm³/mol. The third-order valence-corrected chi connectivity index (χ3v) is 2.32. The number of nitrogens with zero attached hydrogens (tertiary/aromatic N) is 3. The quantitative estimate of drug-likeness (QED) is 0.867. The lowest BCUT2D eigenvalue weighted by molar-refractivity contribution is -0.141. The van der Waals surface area contributed by atoms with Crippen molar-refractivity contribution in [3.63, 3.8) is 0 Å². The van der Waals surface area contributed by atoms with Gasteiger partial charge in [-0.25, -0.2) is 4.98 Å². The van der Waals surface area contributed by atoms with Crippen molar-refractivity contribution in [3.8, 4) is 0 Å². The summed E-state index contributed by atoms with van der Waals surface area (Å²) in [6, 6.07) is 0. The van der Waals surface area contributed by atoms with Gasteiger partial charge in [0.05, 0.1) is 18.3 Å². The molecule has 0 aliphatic carbocycles. The van der Waals surface area contributed by atoms with Crippen LogP contribution in [0, 0.1) is 5.92 Å². The number of aliphatic carboxylic acids is 1. The number of amides is 1. The Hall–Kier alpha value is -1.69. The van der Waals surface area contributed by atoms with Crippen molar-refractivity contribution in [2.45, 2.75) is 6.92 Å². The van der Waals surface area contributed by atoms with Gasteiger partial charge in [0, 0.05) is 13.6 Å². The van der Waals surface area contributed by atoms with Crippen LogP contribution < -0.4 is 0 Å². The fourth-order valence-electron chi connectivity index (χ4n) is 1.21. The second-order valence-electron chi connectivity index (χ2n) is 3.65. The zero-order valence-corrected chi connectivity index (χ0v) is 10.2. The van der Waals surface area contributed by atoms with Gasteiger partial charge in [-0.1, -0.05) is 18.5 Å². The fourth-order valence-corrected chi connectivity index (χ4v) is 1.36. The fraction of sp³-hybridized carbons (Fsp3) is 0.400. The van der Waals surface area contributed by atoms with E-state index in [2.05, 4.69) is 9.97 Å². The summed E-state index contributed by atoms with van der Waals surface area (Å²) in [6.07, 6.45) is 2.61. The van der Waals surface area contributed by atoms with E-state index in [1.807, 2.05) is 0 Å². The van der Waals surface area contributed by atoms with E-state index in [0.29, 0.717) is 0 Å². The number of halogens is 1. The van der Waals surface area contributed by atoms with Gasteiger partial charge in [-0.3, -0.25) is 14.6 Å². The smallest absolute Gasteiger partial charge is 0.308 e. The topological polar surface area (TPSA) is 83.4 Å². The van der Waals surface area contributed by atoms with Gasteiger partial charge in [0.25, 0.3) is 5.91 Å². The minimum atomic E-state index is -0.957. The summed E-state index contributed by atoms with van der Waals surface area (Å²) in [5.74, 6) is -2.01. The molecule has 0 fully saturated rings. The second kappa shape index (κ2) is 5.58. The highest BCUT2D eigenvalue weighted by molar-refractivity contribution is 6.29. The number of carboxylic acid groups (broad SMARTS) is 1. The number of carboxylic acids is 1. The molecule has 1 atom stereocenters. The molecule has 1 unspecified atom stereocenters. The molecule has 1 amide bonds. The molecule has 7 heteroatoms. The van der Waals surface area contributed by atoms with Crippen LogP contribution in [0.4, 0.5) is 0 Å². The van der Waals surface area contributed by atoms with Gasteiger partial charge in [-0.2, -0.15) is 0 Å². The molecule has 6 nitrogen and oxygen atoms in total. The number of hydrogen-bond acceptors (Lipinski definition) is 4. The van der Waals surface area contributed by atoms with E-state index in [0.717, 1.165) is 0 Å². The molecule has 0 aliphatic heterocycles. The molecule has 0 spiro atoms. The molecule has 17 heavy (non-hydrogen) atoms. The van der Waals surface area contributed by atoms with E-state index >= 15 is 0 Å². The van der Waals surface area contributed by atoms with E-state index < -0.39 is 17.8 Å². The molecule has 1 aromatic heterocycles. The third-order valence-electron chi connectivity index (χ3n) is 2.14. The third kappa shape index (κ3) is 3.67. The van der Waals surface area contributed by atoms with Crippen LogP contribution in [0.5, 0.6) is 0 Å². The van der Waals surface area contributed by atoms with Crippen LogP contribution in [-0.2, 0) is 4.79 Å². The summed E-state index contributed by atoms with van der Waals surface area (Å²) in [7, 11) is 1.50. The Kier molecular flexibility index (Phi) is 4.39. The van der Waals surface area contributed by atoms with Crippen LogP contribution in [0.1, 0.15) is 17.4 Å². The molecule has 0 saturated heterocycles. The van der Waals surface area contributed by atoms with Crippen molar-refractivity contribution in [1.82, 2.24) is 14.9 Å². The zero-order chi connectivity index (χ0) is 13.0. The summed E-state index contributed by atoms with van der Waals surface area (Å²) in [5.41, 5.74) is 0.0950. The van der Waals surface area contributed by atoms with Crippen molar-refractivity contribution >= 4 is 23.5 Å². The number of aromatic nitrogens is 2. The minimum Gasteiger partial charge on any atom is -0.481 e. The monoisotopic (exact) mass is 257 g/mol. The first kappa shape index (κ1) is 13.4. The molecule has 0 aliphatic rings. The Balaban J connectivity index is 2.73. The van der Waals surface area contributed by atoms with Crippen LogP contribution >= 0.6 is 11.6 Å². The average molecular weight is 258 g/mol. The highest BCUT2D eigenvalue weighted by Crippen LogP contribution is 2.06. The summed E-state index contributed by atoms with van der Waals surface area (Å²) in [6.45, 7) is 1.62. The highest BCUT2D eigenvalue weighted by Gasteiger charge is 2.19. The van der Waals surface area contributed by atoms with Crippen molar-refractivity contribution in [2.24, 2.45) is 5.92 Å². The molecule has 1 aromatic rings. The van der Waals surface area contributed by atoms with Crippen LogP contribution in [0.2, 0.25) is 5.15 Å². The van der Waals surface area contributed by atoms with E-state index in [4.69, 9.17) is 16.7 Å². The van der Waals surface area contributed by atoms with E-state index in [9.17, 15) is 9.59 Å². The summed E-state index contributed by atoms with van der Waals surface area (Å²) < 4.78 is 0. The van der Waals surface area contributed by atoms with Gasteiger partial charge in [-0.05, 0) is 0 Å². The maximum Gasteiger partial charge on any atom is 0.308 e. The van der Waals surface area contributed by atoms with Gasteiger partial charge in [-0.15, -0.1) is 0 Å². The zero-order valence-electron chi connectivity index (χ0n) is 9.42. The molecule has 0 bridgehead atoms. The van der Waals surface area contributed by atoms with E-state index in [-0.39, 0.29) is 17.4 Å². The standard InChI is InChI=1S/C10H12ClN3O3/c1-6(10(16)17)5-14(2)9(15)7-3-12-4-8(11)13-7/h3-4,6H,5H2,1-2H3,(H,16,17). The summed E-state index contributed by atoms with van der Waals surface area (Å²) >= 11 is 5.61. The summed E-state index contributed by atoms with van der Waals surface area (Å²) in [4.78, 5) is 31.3. The second-order valence-corrected chi connectivity index (χ2v) is 4.04. The first-order valence-corrected chi connectivity index (χ1v) is 5.25. The number of rotatable bonds is 4. The van der Waals surface area contributed by atoms with E-state index in [1.54, 1.807) is 0 Å². The molecule has 1 rings (SSSR count). The average Bonchev–Trinajstić information content (AvgIpc) is 2.27. The lowest BCUT2D eigenvalue weighted by Gasteiger charge is -2.18. The molecule has 1 heterocycles. The van der Waals surface area contributed by atoms with Gasteiger partial charge in [0.2, 0.25) is 0 Å². The largest absolute Gasteiger partial charge is 0.481 e. The molecular formula is C10H12ClN3O3. The van der Waals surface area contributed by atoms with Crippen LogP contribution in [0.25, 0.3) is 0 Å². The number of hydrogen-bond donors (Lipinski definition) is 1. The van der Waals surface area contributed by atoms with E-state index in [1.165, 1.54) is 31.3 Å². The van der Waals surface area contributed by atoms with Crippen LogP contribution in [0.15, 0.2) is 12.4 Å². The van der Waals surface area contributed by atoms with Crippen LogP contribution in [-0.4, -0.2) is 45.4 Å².